The zero-order valence-electron chi connectivity index (χ0n) is 6.02. The van der Waals surface area contributed by atoms with Gasteiger partial charge in [0.05, 0.1) is 0 Å². The van der Waals surface area contributed by atoms with E-state index in [-0.39, 0.29) is 0 Å². The highest BCUT2D eigenvalue weighted by atomic mass is 32.2. The molecule has 3 rings (SSSR count). The lowest BCUT2D eigenvalue weighted by Gasteiger charge is -2.61. The minimum atomic E-state index is 0.834. The van der Waals surface area contributed by atoms with Crippen molar-refractivity contribution in [3.05, 3.63) is 0 Å². The van der Waals surface area contributed by atoms with E-state index < -0.39 is 0 Å². The highest BCUT2D eigenvalue weighted by Gasteiger charge is 2.56. The van der Waals surface area contributed by atoms with Crippen LogP contribution in [0.4, 0.5) is 0 Å². The van der Waals surface area contributed by atoms with Crippen LogP contribution in [0.15, 0.2) is 0 Å². The highest BCUT2D eigenvalue weighted by molar-refractivity contribution is 8.00. The maximum Gasteiger partial charge on any atom is 0.0168 e. The molecule has 0 N–H and O–H groups in total. The minimum Gasteiger partial charge on any atom is -0.155 e. The maximum absolute atomic E-state index is 2.28. The summed E-state index contributed by atoms with van der Waals surface area (Å²) < 4.78 is 0.834. The van der Waals surface area contributed by atoms with Crippen molar-refractivity contribution in [3.63, 3.8) is 0 Å². The smallest absolute Gasteiger partial charge is 0.0168 e. The molecule has 0 aliphatic heterocycles. The summed E-state index contributed by atoms with van der Waals surface area (Å²) in [6.45, 7) is 2.28. The van der Waals surface area contributed by atoms with E-state index >= 15 is 0 Å². The molecule has 3 aliphatic rings. The molecule has 3 fully saturated rings. The fraction of sp³-hybridized carbons (Fsp3) is 1.00. The fourth-order valence-corrected chi connectivity index (χ4v) is 3.59. The van der Waals surface area contributed by atoms with Crippen LogP contribution >= 0.6 is 11.8 Å². The van der Waals surface area contributed by atoms with Gasteiger partial charge in [-0.3, -0.25) is 0 Å². The maximum atomic E-state index is 2.28. The van der Waals surface area contributed by atoms with E-state index in [2.05, 4.69) is 18.7 Å². The summed E-state index contributed by atoms with van der Waals surface area (Å²) in [4.78, 5) is 0. The van der Waals surface area contributed by atoms with Crippen LogP contribution in [-0.2, 0) is 0 Å². The molecule has 0 saturated heterocycles. The second-order valence-electron chi connectivity index (χ2n) is 3.51. The van der Waals surface area contributed by atoms with Gasteiger partial charge in [0.1, 0.15) is 0 Å². The molecule has 9 heavy (non-hydrogen) atoms. The van der Waals surface area contributed by atoms with E-state index in [0.29, 0.717) is 0 Å². The lowest BCUT2D eigenvalue weighted by Crippen LogP contribution is -2.55. The molecular formula is C8H14S. The van der Waals surface area contributed by atoms with Gasteiger partial charge in [0.25, 0.3) is 0 Å². The summed E-state index contributed by atoms with van der Waals surface area (Å²) in [5.41, 5.74) is 0. The van der Waals surface area contributed by atoms with Crippen molar-refractivity contribution in [3.8, 4) is 0 Å². The molecule has 0 radical (unpaired) electrons. The molecule has 0 amide bonds. The van der Waals surface area contributed by atoms with Crippen LogP contribution in [0.2, 0.25) is 0 Å². The summed E-state index contributed by atoms with van der Waals surface area (Å²) >= 11 is 2.23. The van der Waals surface area contributed by atoms with Crippen LogP contribution in [-0.4, -0.2) is 10.5 Å². The fourth-order valence-electron chi connectivity index (χ4n) is 1.89. The average molecular weight is 142 g/mol. The zero-order chi connectivity index (χ0) is 6.32. The van der Waals surface area contributed by atoms with E-state index in [1.807, 2.05) is 0 Å². The van der Waals surface area contributed by atoms with Gasteiger partial charge in [0, 0.05) is 4.75 Å². The molecule has 3 saturated carbocycles. The molecule has 0 aromatic heterocycles. The summed E-state index contributed by atoms with van der Waals surface area (Å²) in [6.07, 6.45) is 6.02. The van der Waals surface area contributed by atoms with Crippen LogP contribution in [0.25, 0.3) is 0 Å². The number of hydrogen-bond acceptors (Lipinski definition) is 1. The van der Waals surface area contributed by atoms with Gasteiger partial charge in [0.2, 0.25) is 0 Å². The van der Waals surface area contributed by atoms with Gasteiger partial charge in [-0.1, -0.05) is 6.92 Å². The summed E-state index contributed by atoms with van der Waals surface area (Å²) in [5.74, 6) is 2.56. The second kappa shape index (κ2) is 1.91. The second-order valence-corrected chi connectivity index (χ2v) is 5.07. The van der Waals surface area contributed by atoms with E-state index in [9.17, 15) is 0 Å². The Bertz CT molecular complexity index is 103. The third-order valence-electron chi connectivity index (χ3n) is 2.59. The standard InChI is InChI=1S/C8H14S/c1-2-3-9-8-4-7(5-8)6-8/h7H,2-6H2,1H3. The van der Waals surface area contributed by atoms with E-state index in [1.165, 1.54) is 12.2 Å². The molecule has 0 atom stereocenters. The lowest BCUT2D eigenvalue weighted by molar-refractivity contribution is 0.0580. The van der Waals surface area contributed by atoms with E-state index in [4.69, 9.17) is 0 Å². The third-order valence-corrected chi connectivity index (χ3v) is 4.32. The molecular weight excluding hydrogens is 128 g/mol. The quantitative estimate of drug-likeness (QED) is 0.584. The molecule has 0 unspecified atom stereocenters. The Labute approximate surface area is 61.4 Å². The molecule has 52 valence electrons. The van der Waals surface area contributed by atoms with Crippen LogP contribution in [0, 0.1) is 5.92 Å². The largest absolute Gasteiger partial charge is 0.155 e. The van der Waals surface area contributed by atoms with Gasteiger partial charge in [0.15, 0.2) is 0 Å². The minimum absolute atomic E-state index is 0.834. The van der Waals surface area contributed by atoms with Crippen molar-refractivity contribution in [1.29, 1.82) is 0 Å². The Morgan fingerprint density at radius 3 is 2.44 bits per heavy atom. The van der Waals surface area contributed by atoms with Crippen molar-refractivity contribution in [2.75, 3.05) is 5.75 Å². The van der Waals surface area contributed by atoms with Crippen LogP contribution < -0.4 is 0 Å². The molecule has 0 aromatic rings. The molecule has 2 bridgehead atoms. The van der Waals surface area contributed by atoms with Crippen LogP contribution in [0.5, 0.6) is 0 Å². The first-order valence-electron chi connectivity index (χ1n) is 3.99. The topological polar surface area (TPSA) is 0 Å². The van der Waals surface area contributed by atoms with E-state index in [1.54, 1.807) is 19.3 Å². The molecule has 1 heteroatoms. The Morgan fingerprint density at radius 2 is 2.11 bits per heavy atom. The molecule has 0 aromatic carbocycles. The number of thioether (sulfide) groups is 1. The van der Waals surface area contributed by atoms with Crippen molar-refractivity contribution in [2.45, 2.75) is 37.4 Å². The summed E-state index contributed by atoms with van der Waals surface area (Å²) in [7, 11) is 0. The molecule has 0 heterocycles. The average Bonchev–Trinajstić information content (AvgIpc) is 1.59. The first-order chi connectivity index (χ1) is 4.35. The first kappa shape index (κ1) is 6.09. The molecule has 0 spiro atoms. The van der Waals surface area contributed by atoms with Crippen molar-refractivity contribution in [1.82, 2.24) is 0 Å². The normalized spacial score (nSPS) is 45.7. The Balaban J connectivity index is 1.73. The summed E-state index contributed by atoms with van der Waals surface area (Å²) in [6, 6.07) is 0. The van der Waals surface area contributed by atoms with Crippen molar-refractivity contribution in [2.24, 2.45) is 5.92 Å². The Morgan fingerprint density at radius 1 is 1.44 bits per heavy atom. The zero-order valence-corrected chi connectivity index (χ0v) is 6.84. The molecule has 3 aliphatic carbocycles. The predicted octanol–water partition coefficient (Wildman–Crippen LogP) is 2.68. The van der Waals surface area contributed by atoms with Gasteiger partial charge in [-0.15, -0.1) is 0 Å². The van der Waals surface area contributed by atoms with Gasteiger partial charge >= 0.3 is 0 Å². The Kier molecular flexibility index (Phi) is 1.29. The lowest BCUT2D eigenvalue weighted by atomic mass is 9.55. The van der Waals surface area contributed by atoms with Gasteiger partial charge in [-0.2, -0.15) is 11.8 Å². The van der Waals surface area contributed by atoms with E-state index in [0.717, 1.165) is 10.7 Å². The first-order valence-corrected chi connectivity index (χ1v) is 4.97. The highest BCUT2D eigenvalue weighted by Crippen LogP contribution is 2.64. The van der Waals surface area contributed by atoms with Crippen LogP contribution in [0.1, 0.15) is 32.6 Å². The third kappa shape index (κ3) is 0.813. The van der Waals surface area contributed by atoms with Crippen LogP contribution in [0.3, 0.4) is 0 Å². The number of rotatable bonds is 3. The molecule has 0 nitrogen and oxygen atoms in total. The summed E-state index contributed by atoms with van der Waals surface area (Å²) in [5, 5.41) is 0. The van der Waals surface area contributed by atoms with Gasteiger partial charge < -0.3 is 0 Å². The SMILES string of the molecule is CCCSC12CC(C1)C2. The predicted molar refractivity (Wildman–Crippen MR) is 42.8 cm³/mol. The monoisotopic (exact) mass is 142 g/mol. The number of hydrogen-bond donors (Lipinski definition) is 0. The van der Waals surface area contributed by atoms with Crippen molar-refractivity contribution < 1.29 is 0 Å². The van der Waals surface area contributed by atoms with Gasteiger partial charge in [-0.25, -0.2) is 0 Å². The van der Waals surface area contributed by atoms with Gasteiger partial charge in [-0.05, 0) is 37.4 Å². The Hall–Kier alpha value is 0.350. The van der Waals surface area contributed by atoms with Crippen molar-refractivity contribution >= 4 is 11.8 Å².